The molecule has 0 unspecified atom stereocenters. The Morgan fingerprint density at radius 1 is 0.944 bits per heavy atom. The molecule has 0 atom stereocenters. The van der Waals surface area contributed by atoms with Crippen molar-refractivity contribution in [3.63, 3.8) is 0 Å². The number of hydrogen-bond acceptors (Lipinski definition) is 4. The van der Waals surface area contributed by atoms with Gasteiger partial charge in [0.2, 0.25) is 5.95 Å². The van der Waals surface area contributed by atoms with Gasteiger partial charge in [-0.1, -0.05) is 12.1 Å². The van der Waals surface area contributed by atoms with Crippen molar-refractivity contribution in [1.82, 2.24) is 9.97 Å². The van der Waals surface area contributed by atoms with Crippen LogP contribution >= 0.6 is 0 Å². The van der Waals surface area contributed by atoms with Gasteiger partial charge < -0.3 is 11.5 Å². The van der Waals surface area contributed by atoms with Gasteiger partial charge in [0.1, 0.15) is 5.82 Å². The molecule has 0 aliphatic rings. The minimum absolute atomic E-state index is 0.0232. The van der Waals surface area contributed by atoms with Crippen LogP contribution in [0.2, 0.25) is 0 Å². The predicted octanol–water partition coefficient (Wildman–Crippen LogP) is 2.33. The lowest BCUT2D eigenvalue weighted by Gasteiger charge is -2.07. The van der Waals surface area contributed by atoms with Crippen LogP contribution < -0.4 is 11.5 Å². The highest BCUT2D eigenvalue weighted by Gasteiger charge is 2.29. The second-order valence-electron chi connectivity index (χ2n) is 3.61. The Morgan fingerprint density at radius 3 is 2.06 bits per heavy atom. The maximum absolute atomic E-state index is 12.4. The summed E-state index contributed by atoms with van der Waals surface area (Å²) in [5.41, 5.74) is 11.1. The number of hydrogen-bond donors (Lipinski definition) is 2. The molecular weight excluding hydrogens is 245 g/mol. The van der Waals surface area contributed by atoms with Gasteiger partial charge in [0.05, 0.1) is 11.3 Å². The average Bonchev–Trinajstić information content (AvgIpc) is 2.27. The molecule has 2 aromatic rings. The summed E-state index contributed by atoms with van der Waals surface area (Å²) in [6.45, 7) is 0. The molecule has 0 aliphatic heterocycles. The fourth-order valence-corrected chi connectivity index (χ4v) is 1.46. The molecule has 0 amide bonds. The van der Waals surface area contributed by atoms with Crippen LogP contribution in [-0.2, 0) is 6.18 Å². The van der Waals surface area contributed by atoms with Crippen molar-refractivity contribution in [3.05, 3.63) is 35.9 Å². The molecule has 18 heavy (non-hydrogen) atoms. The third kappa shape index (κ3) is 2.50. The highest BCUT2D eigenvalue weighted by Crippen LogP contribution is 2.30. The molecule has 1 heterocycles. The fraction of sp³-hybridized carbons (Fsp3) is 0.0909. The Morgan fingerprint density at radius 2 is 1.56 bits per heavy atom. The lowest BCUT2D eigenvalue weighted by Crippen LogP contribution is -2.04. The number of aromatic nitrogens is 2. The van der Waals surface area contributed by atoms with Crippen LogP contribution in [0.15, 0.2) is 30.3 Å². The first-order valence-corrected chi connectivity index (χ1v) is 4.94. The Kier molecular flexibility index (Phi) is 2.82. The van der Waals surface area contributed by atoms with Crippen molar-refractivity contribution in [3.8, 4) is 11.3 Å². The first-order chi connectivity index (χ1) is 8.36. The molecule has 0 spiro atoms. The molecule has 4 N–H and O–H groups in total. The van der Waals surface area contributed by atoms with Crippen molar-refractivity contribution in [2.45, 2.75) is 6.18 Å². The summed E-state index contributed by atoms with van der Waals surface area (Å²) >= 11 is 0. The summed E-state index contributed by atoms with van der Waals surface area (Å²) in [4.78, 5) is 7.58. The maximum atomic E-state index is 12.4. The number of alkyl halides is 3. The van der Waals surface area contributed by atoms with Gasteiger partial charge in [0, 0.05) is 11.6 Å². The summed E-state index contributed by atoms with van der Waals surface area (Å²) in [7, 11) is 0. The first kappa shape index (κ1) is 12.2. The fourth-order valence-electron chi connectivity index (χ4n) is 1.46. The van der Waals surface area contributed by atoms with E-state index in [1.807, 2.05) is 0 Å². The molecule has 1 aromatic heterocycles. The van der Waals surface area contributed by atoms with E-state index < -0.39 is 11.7 Å². The Bertz CT molecular complexity index is 543. The van der Waals surface area contributed by atoms with E-state index in [4.69, 9.17) is 11.5 Å². The van der Waals surface area contributed by atoms with Gasteiger partial charge >= 0.3 is 6.18 Å². The predicted molar refractivity (Wildman–Crippen MR) is 61.3 cm³/mol. The van der Waals surface area contributed by atoms with Gasteiger partial charge in [0.15, 0.2) is 0 Å². The number of benzene rings is 1. The van der Waals surface area contributed by atoms with E-state index in [1.54, 1.807) is 0 Å². The molecule has 0 radical (unpaired) electrons. The molecule has 0 bridgehead atoms. The molecule has 2 rings (SSSR count). The number of halogens is 3. The third-order valence-electron chi connectivity index (χ3n) is 2.27. The molecule has 0 saturated carbocycles. The van der Waals surface area contributed by atoms with E-state index in [-0.39, 0.29) is 11.8 Å². The number of anilines is 2. The van der Waals surface area contributed by atoms with E-state index in [1.165, 1.54) is 18.2 Å². The number of nitrogen functional groups attached to an aromatic ring is 2. The Labute approximate surface area is 100 Å². The zero-order valence-electron chi connectivity index (χ0n) is 9.07. The smallest absolute Gasteiger partial charge is 0.384 e. The van der Waals surface area contributed by atoms with Gasteiger partial charge in [-0.15, -0.1) is 0 Å². The number of nitrogens with zero attached hydrogens (tertiary/aromatic N) is 2. The van der Waals surface area contributed by atoms with Gasteiger partial charge in [-0.2, -0.15) is 18.2 Å². The molecule has 4 nitrogen and oxygen atoms in total. The SMILES string of the molecule is Nc1cc(-c2ccc(C(F)(F)F)cc2)nc(N)n1. The second-order valence-corrected chi connectivity index (χ2v) is 3.61. The third-order valence-corrected chi connectivity index (χ3v) is 2.27. The van der Waals surface area contributed by atoms with Crippen LogP contribution in [-0.4, -0.2) is 9.97 Å². The second kappa shape index (κ2) is 4.17. The van der Waals surface area contributed by atoms with Crippen molar-refractivity contribution in [1.29, 1.82) is 0 Å². The van der Waals surface area contributed by atoms with E-state index >= 15 is 0 Å². The van der Waals surface area contributed by atoms with Crippen LogP contribution in [0.5, 0.6) is 0 Å². The van der Waals surface area contributed by atoms with E-state index in [0.29, 0.717) is 11.3 Å². The standard InChI is InChI=1S/C11H9F3N4/c12-11(13,14)7-3-1-6(2-4-7)8-5-9(15)18-10(16)17-8/h1-5H,(H4,15,16,17,18). The topological polar surface area (TPSA) is 77.8 Å². The quantitative estimate of drug-likeness (QED) is 0.818. The van der Waals surface area contributed by atoms with E-state index in [0.717, 1.165) is 12.1 Å². The van der Waals surface area contributed by atoms with E-state index in [9.17, 15) is 13.2 Å². The highest BCUT2D eigenvalue weighted by atomic mass is 19.4. The number of rotatable bonds is 1. The first-order valence-electron chi connectivity index (χ1n) is 4.94. The summed E-state index contributed by atoms with van der Waals surface area (Å²) in [5.74, 6) is 0.141. The Balaban J connectivity index is 2.40. The monoisotopic (exact) mass is 254 g/mol. The summed E-state index contributed by atoms with van der Waals surface area (Å²) in [6.07, 6.45) is -4.36. The van der Waals surface area contributed by atoms with Crippen molar-refractivity contribution in [2.75, 3.05) is 11.5 Å². The maximum Gasteiger partial charge on any atom is 0.416 e. The zero-order valence-corrected chi connectivity index (χ0v) is 9.07. The van der Waals surface area contributed by atoms with Crippen LogP contribution in [0.1, 0.15) is 5.56 Å². The molecule has 1 aromatic carbocycles. The lowest BCUT2D eigenvalue weighted by molar-refractivity contribution is -0.137. The van der Waals surface area contributed by atoms with Crippen LogP contribution in [0.3, 0.4) is 0 Å². The van der Waals surface area contributed by atoms with Crippen molar-refractivity contribution < 1.29 is 13.2 Å². The van der Waals surface area contributed by atoms with Gasteiger partial charge in [0.25, 0.3) is 0 Å². The minimum Gasteiger partial charge on any atom is -0.384 e. The lowest BCUT2D eigenvalue weighted by atomic mass is 10.1. The highest BCUT2D eigenvalue weighted by molar-refractivity contribution is 5.63. The van der Waals surface area contributed by atoms with Crippen molar-refractivity contribution in [2.24, 2.45) is 0 Å². The van der Waals surface area contributed by atoms with Gasteiger partial charge in [-0.3, -0.25) is 0 Å². The largest absolute Gasteiger partial charge is 0.416 e. The average molecular weight is 254 g/mol. The van der Waals surface area contributed by atoms with Crippen LogP contribution in [0.4, 0.5) is 24.9 Å². The zero-order chi connectivity index (χ0) is 13.3. The van der Waals surface area contributed by atoms with Crippen LogP contribution in [0, 0.1) is 0 Å². The molecule has 7 heteroatoms. The van der Waals surface area contributed by atoms with Crippen molar-refractivity contribution >= 4 is 11.8 Å². The molecular formula is C11H9F3N4. The summed E-state index contributed by atoms with van der Waals surface area (Å²) < 4.78 is 37.2. The number of nitrogens with two attached hydrogens (primary N) is 2. The van der Waals surface area contributed by atoms with E-state index in [2.05, 4.69) is 9.97 Å². The Hall–Kier alpha value is -2.31. The normalized spacial score (nSPS) is 11.5. The molecule has 94 valence electrons. The van der Waals surface area contributed by atoms with Gasteiger partial charge in [-0.05, 0) is 12.1 Å². The van der Waals surface area contributed by atoms with Crippen LogP contribution in [0.25, 0.3) is 11.3 Å². The van der Waals surface area contributed by atoms with Gasteiger partial charge in [-0.25, -0.2) is 4.98 Å². The molecule has 0 fully saturated rings. The summed E-state index contributed by atoms with van der Waals surface area (Å²) in [6, 6.07) is 6.01. The minimum atomic E-state index is -4.36. The molecule has 0 aliphatic carbocycles. The molecule has 0 saturated heterocycles. The summed E-state index contributed by atoms with van der Waals surface area (Å²) in [5, 5.41) is 0.